The molecule has 0 spiro atoms. The molecule has 0 aliphatic carbocycles. The molecule has 0 aromatic heterocycles. The first kappa shape index (κ1) is 15.4. The Bertz CT molecular complexity index is 605. The molecule has 1 unspecified atom stereocenters. The molecular weight excluding hydrogens is 272 g/mol. The van der Waals surface area contributed by atoms with E-state index in [-0.39, 0.29) is 17.4 Å². The van der Waals surface area contributed by atoms with Crippen molar-refractivity contribution in [2.24, 2.45) is 0 Å². The summed E-state index contributed by atoms with van der Waals surface area (Å²) in [4.78, 5) is 0. The van der Waals surface area contributed by atoms with Crippen molar-refractivity contribution in [3.8, 4) is 16.9 Å². The number of benzene rings is 2. The molecule has 4 heteroatoms. The normalized spacial score (nSPS) is 12.2. The van der Waals surface area contributed by atoms with Crippen molar-refractivity contribution in [3.63, 3.8) is 0 Å². The summed E-state index contributed by atoms with van der Waals surface area (Å²) in [5.74, 6) is -1.07. The standard InChI is InChI=1S/C17H19F2NO/c1-4-20-11(2)13-7-5-6-8-14(13)17-15(18)9-12(21-3)10-16(17)19/h5-11,20H,4H2,1-3H3. The number of methoxy groups -OCH3 is 1. The van der Waals surface area contributed by atoms with Crippen LogP contribution in [0.15, 0.2) is 36.4 Å². The second-order valence-electron chi connectivity index (χ2n) is 4.83. The highest BCUT2D eigenvalue weighted by Gasteiger charge is 2.18. The van der Waals surface area contributed by atoms with Crippen molar-refractivity contribution >= 4 is 0 Å². The molecule has 0 aliphatic rings. The van der Waals surface area contributed by atoms with Gasteiger partial charge in [-0.05, 0) is 24.6 Å². The van der Waals surface area contributed by atoms with E-state index >= 15 is 0 Å². The first-order chi connectivity index (χ1) is 10.1. The van der Waals surface area contributed by atoms with Crippen LogP contribution in [0.5, 0.6) is 5.75 Å². The molecule has 2 aromatic carbocycles. The summed E-state index contributed by atoms with van der Waals surface area (Å²) in [5, 5.41) is 3.26. The van der Waals surface area contributed by atoms with Crippen LogP contribution in [-0.4, -0.2) is 13.7 Å². The third kappa shape index (κ3) is 3.22. The van der Waals surface area contributed by atoms with Gasteiger partial charge in [-0.2, -0.15) is 0 Å². The maximum absolute atomic E-state index is 14.3. The topological polar surface area (TPSA) is 21.3 Å². The van der Waals surface area contributed by atoms with Crippen molar-refractivity contribution in [2.45, 2.75) is 19.9 Å². The molecule has 0 saturated heterocycles. The van der Waals surface area contributed by atoms with Crippen LogP contribution in [0.4, 0.5) is 8.78 Å². The van der Waals surface area contributed by atoms with E-state index in [1.54, 1.807) is 12.1 Å². The first-order valence-corrected chi connectivity index (χ1v) is 6.94. The molecular formula is C17H19F2NO. The molecule has 2 rings (SSSR count). The summed E-state index contributed by atoms with van der Waals surface area (Å²) >= 11 is 0. The molecule has 1 atom stereocenters. The molecule has 1 N–H and O–H groups in total. The summed E-state index contributed by atoms with van der Waals surface area (Å²) in [6.07, 6.45) is 0. The quantitative estimate of drug-likeness (QED) is 0.886. The van der Waals surface area contributed by atoms with Gasteiger partial charge in [-0.25, -0.2) is 8.78 Å². The van der Waals surface area contributed by atoms with Crippen LogP contribution >= 0.6 is 0 Å². The molecule has 0 aliphatic heterocycles. The molecule has 21 heavy (non-hydrogen) atoms. The van der Waals surface area contributed by atoms with E-state index in [2.05, 4.69) is 5.32 Å². The maximum atomic E-state index is 14.3. The van der Waals surface area contributed by atoms with Crippen LogP contribution in [0, 0.1) is 11.6 Å². The van der Waals surface area contributed by atoms with E-state index in [0.717, 1.165) is 12.1 Å². The Morgan fingerprint density at radius 1 is 1.14 bits per heavy atom. The fraction of sp³-hybridized carbons (Fsp3) is 0.294. The molecule has 112 valence electrons. The lowest BCUT2D eigenvalue weighted by atomic mass is 9.94. The molecule has 2 nitrogen and oxygen atoms in total. The Labute approximate surface area is 123 Å². The van der Waals surface area contributed by atoms with Gasteiger partial charge in [0.25, 0.3) is 0 Å². The second kappa shape index (κ2) is 6.68. The number of hydrogen-bond acceptors (Lipinski definition) is 2. The van der Waals surface area contributed by atoms with Crippen LogP contribution in [0.1, 0.15) is 25.5 Å². The van der Waals surface area contributed by atoms with Gasteiger partial charge in [-0.3, -0.25) is 0 Å². The fourth-order valence-corrected chi connectivity index (χ4v) is 2.44. The maximum Gasteiger partial charge on any atom is 0.137 e. The van der Waals surface area contributed by atoms with Crippen molar-refractivity contribution < 1.29 is 13.5 Å². The SMILES string of the molecule is CCNC(C)c1ccccc1-c1c(F)cc(OC)cc1F. The lowest BCUT2D eigenvalue weighted by Gasteiger charge is -2.18. The predicted octanol–water partition coefficient (Wildman–Crippen LogP) is 4.31. The van der Waals surface area contributed by atoms with Crippen molar-refractivity contribution in [1.82, 2.24) is 5.32 Å². The highest BCUT2D eigenvalue weighted by molar-refractivity contribution is 5.70. The molecule has 0 amide bonds. The number of rotatable bonds is 5. The van der Waals surface area contributed by atoms with E-state index in [1.807, 2.05) is 26.0 Å². The van der Waals surface area contributed by atoms with Gasteiger partial charge in [0.1, 0.15) is 17.4 Å². The molecule has 0 heterocycles. The average molecular weight is 291 g/mol. The summed E-state index contributed by atoms with van der Waals surface area (Å²) < 4.78 is 33.4. The number of nitrogens with one attached hydrogen (secondary N) is 1. The van der Waals surface area contributed by atoms with Gasteiger partial charge >= 0.3 is 0 Å². The lowest BCUT2D eigenvalue weighted by Crippen LogP contribution is -2.18. The van der Waals surface area contributed by atoms with Gasteiger partial charge in [0.05, 0.1) is 12.7 Å². The van der Waals surface area contributed by atoms with Gasteiger partial charge in [0, 0.05) is 18.2 Å². The van der Waals surface area contributed by atoms with Crippen LogP contribution in [0.25, 0.3) is 11.1 Å². The Morgan fingerprint density at radius 2 is 1.76 bits per heavy atom. The summed E-state index contributed by atoms with van der Waals surface area (Å²) in [6, 6.07) is 9.67. The second-order valence-corrected chi connectivity index (χ2v) is 4.83. The predicted molar refractivity (Wildman–Crippen MR) is 80.4 cm³/mol. The van der Waals surface area contributed by atoms with Crippen LogP contribution < -0.4 is 10.1 Å². The minimum Gasteiger partial charge on any atom is -0.497 e. The molecule has 2 aromatic rings. The van der Waals surface area contributed by atoms with Gasteiger partial charge in [-0.1, -0.05) is 31.2 Å². The summed E-state index contributed by atoms with van der Waals surface area (Å²) in [6.45, 7) is 4.75. The third-order valence-corrected chi connectivity index (χ3v) is 3.46. The van der Waals surface area contributed by atoms with Gasteiger partial charge < -0.3 is 10.1 Å². The zero-order valence-corrected chi connectivity index (χ0v) is 12.4. The number of ether oxygens (including phenoxy) is 1. The molecule has 0 radical (unpaired) electrons. The zero-order chi connectivity index (χ0) is 15.4. The monoisotopic (exact) mass is 291 g/mol. The number of halogens is 2. The molecule has 0 bridgehead atoms. The minimum atomic E-state index is -0.622. The van der Waals surface area contributed by atoms with Gasteiger partial charge in [0.2, 0.25) is 0 Å². The smallest absolute Gasteiger partial charge is 0.137 e. The van der Waals surface area contributed by atoms with Crippen LogP contribution in [-0.2, 0) is 0 Å². The van der Waals surface area contributed by atoms with E-state index in [4.69, 9.17) is 4.74 Å². The highest BCUT2D eigenvalue weighted by atomic mass is 19.1. The average Bonchev–Trinajstić information content (AvgIpc) is 2.47. The van der Waals surface area contributed by atoms with Crippen LogP contribution in [0.3, 0.4) is 0 Å². The van der Waals surface area contributed by atoms with E-state index in [0.29, 0.717) is 5.56 Å². The zero-order valence-electron chi connectivity index (χ0n) is 12.4. The third-order valence-electron chi connectivity index (χ3n) is 3.46. The van der Waals surface area contributed by atoms with Gasteiger partial charge in [0.15, 0.2) is 0 Å². The molecule has 0 fully saturated rings. The minimum absolute atomic E-state index is 0.00658. The van der Waals surface area contributed by atoms with Crippen molar-refractivity contribution in [3.05, 3.63) is 53.6 Å². The van der Waals surface area contributed by atoms with E-state index in [1.165, 1.54) is 19.2 Å². The Morgan fingerprint density at radius 3 is 2.33 bits per heavy atom. The largest absolute Gasteiger partial charge is 0.497 e. The lowest BCUT2D eigenvalue weighted by molar-refractivity contribution is 0.407. The van der Waals surface area contributed by atoms with Gasteiger partial charge in [-0.15, -0.1) is 0 Å². The Balaban J connectivity index is 2.57. The Hall–Kier alpha value is -1.94. The van der Waals surface area contributed by atoms with Crippen molar-refractivity contribution in [1.29, 1.82) is 0 Å². The van der Waals surface area contributed by atoms with E-state index in [9.17, 15) is 8.78 Å². The molecule has 0 saturated carbocycles. The summed E-state index contributed by atoms with van der Waals surface area (Å²) in [7, 11) is 1.38. The van der Waals surface area contributed by atoms with E-state index < -0.39 is 11.6 Å². The highest BCUT2D eigenvalue weighted by Crippen LogP contribution is 2.34. The van der Waals surface area contributed by atoms with Crippen LogP contribution in [0.2, 0.25) is 0 Å². The van der Waals surface area contributed by atoms with Crippen molar-refractivity contribution in [2.75, 3.05) is 13.7 Å². The number of hydrogen-bond donors (Lipinski definition) is 1. The Kier molecular flexibility index (Phi) is 4.91. The summed E-state index contributed by atoms with van der Waals surface area (Å²) in [5.41, 5.74) is 1.40. The fourth-order valence-electron chi connectivity index (χ4n) is 2.44. The first-order valence-electron chi connectivity index (χ1n) is 6.94.